The second-order valence-corrected chi connectivity index (χ2v) is 9.32. The SMILES string of the molecule is CC.CC(C)(C)OC(=O)Cn1nc(C(N)=O)c2cc(B3OC(C)(C)C(C)(C)O3)ccc21. The maximum atomic E-state index is 12.2. The molecule has 1 amide bonds. The highest BCUT2D eigenvalue weighted by atomic mass is 16.7. The minimum absolute atomic E-state index is 0.0851. The van der Waals surface area contributed by atoms with Crippen molar-refractivity contribution in [3.05, 3.63) is 23.9 Å². The van der Waals surface area contributed by atoms with Gasteiger partial charge in [-0.25, -0.2) is 0 Å². The van der Waals surface area contributed by atoms with Crippen LogP contribution in [0.1, 0.15) is 72.8 Å². The number of esters is 1. The fraction of sp³-hybridized carbons (Fsp3) is 0.591. The van der Waals surface area contributed by atoms with Gasteiger partial charge in [-0.2, -0.15) is 5.10 Å². The van der Waals surface area contributed by atoms with Crippen molar-refractivity contribution in [3.8, 4) is 0 Å². The molecule has 1 aromatic heterocycles. The highest BCUT2D eigenvalue weighted by molar-refractivity contribution is 6.62. The lowest BCUT2D eigenvalue weighted by Gasteiger charge is -2.32. The average molecular weight is 431 g/mol. The Morgan fingerprint density at radius 1 is 1.13 bits per heavy atom. The van der Waals surface area contributed by atoms with Crippen LogP contribution in [0.2, 0.25) is 0 Å². The van der Waals surface area contributed by atoms with E-state index < -0.39 is 35.8 Å². The predicted octanol–water partition coefficient (Wildman–Crippen LogP) is 2.80. The van der Waals surface area contributed by atoms with Crippen LogP contribution in [0.4, 0.5) is 0 Å². The molecule has 0 saturated carbocycles. The van der Waals surface area contributed by atoms with E-state index in [4.69, 9.17) is 19.8 Å². The van der Waals surface area contributed by atoms with Gasteiger partial charge in [0.15, 0.2) is 5.69 Å². The van der Waals surface area contributed by atoms with Gasteiger partial charge in [-0.15, -0.1) is 0 Å². The van der Waals surface area contributed by atoms with Gasteiger partial charge >= 0.3 is 13.1 Å². The molecular weight excluding hydrogens is 397 g/mol. The number of fused-ring (bicyclic) bond motifs is 1. The molecule has 0 radical (unpaired) electrons. The van der Waals surface area contributed by atoms with Crippen LogP contribution in [0.3, 0.4) is 0 Å². The van der Waals surface area contributed by atoms with Gasteiger partial charge in [0.05, 0.1) is 16.7 Å². The number of nitrogens with zero attached hydrogens (tertiary/aromatic N) is 2. The van der Waals surface area contributed by atoms with Gasteiger partial charge in [0, 0.05) is 5.39 Å². The number of primary amides is 1. The minimum Gasteiger partial charge on any atom is -0.459 e. The van der Waals surface area contributed by atoms with Crippen LogP contribution in [-0.4, -0.2) is 45.6 Å². The lowest BCUT2D eigenvalue weighted by atomic mass is 9.78. The number of ether oxygens (including phenoxy) is 1. The number of hydrogen-bond donors (Lipinski definition) is 1. The number of aromatic nitrogens is 2. The fourth-order valence-electron chi connectivity index (χ4n) is 3.12. The van der Waals surface area contributed by atoms with E-state index in [9.17, 15) is 9.59 Å². The first kappa shape index (κ1) is 24.9. The van der Waals surface area contributed by atoms with E-state index >= 15 is 0 Å². The van der Waals surface area contributed by atoms with E-state index in [0.717, 1.165) is 5.46 Å². The van der Waals surface area contributed by atoms with Crippen molar-refractivity contribution >= 4 is 35.4 Å². The number of benzene rings is 1. The number of hydrogen-bond acceptors (Lipinski definition) is 6. The zero-order valence-corrected chi connectivity index (χ0v) is 20.0. The first-order valence-electron chi connectivity index (χ1n) is 10.6. The summed E-state index contributed by atoms with van der Waals surface area (Å²) in [6.07, 6.45) is 0. The predicted molar refractivity (Wildman–Crippen MR) is 121 cm³/mol. The smallest absolute Gasteiger partial charge is 0.459 e. The van der Waals surface area contributed by atoms with Crippen LogP contribution < -0.4 is 11.2 Å². The van der Waals surface area contributed by atoms with E-state index in [1.54, 1.807) is 32.9 Å². The monoisotopic (exact) mass is 431 g/mol. The molecule has 2 N–H and O–H groups in total. The maximum Gasteiger partial charge on any atom is 0.494 e. The lowest BCUT2D eigenvalue weighted by Crippen LogP contribution is -2.41. The Bertz CT molecular complexity index is 959. The van der Waals surface area contributed by atoms with Gasteiger partial charge in [0.2, 0.25) is 0 Å². The molecule has 0 spiro atoms. The van der Waals surface area contributed by atoms with Gasteiger partial charge in [0.1, 0.15) is 12.1 Å². The molecule has 1 aromatic carbocycles. The topological polar surface area (TPSA) is 106 Å². The first-order chi connectivity index (χ1) is 14.2. The Morgan fingerprint density at radius 3 is 2.16 bits per heavy atom. The van der Waals surface area contributed by atoms with E-state index in [-0.39, 0.29) is 12.2 Å². The second kappa shape index (κ2) is 8.63. The summed E-state index contributed by atoms with van der Waals surface area (Å²) in [6, 6.07) is 5.39. The van der Waals surface area contributed by atoms with Gasteiger partial charge in [0.25, 0.3) is 5.91 Å². The fourth-order valence-corrected chi connectivity index (χ4v) is 3.12. The van der Waals surface area contributed by atoms with Crippen LogP contribution in [0, 0.1) is 0 Å². The molecule has 9 heteroatoms. The molecule has 2 heterocycles. The molecule has 1 aliphatic heterocycles. The number of rotatable bonds is 4. The summed E-state index contributed by atoms with van der Waals surface area (Å²) in [5.74, 6) is -1.13. The minimum atomic E-state index is -0.677. The molecule has 0 atom stereocenters. The van der Waals surface area contributed by atoms with Gasteiger partial charge in [-0.1, -0.05) is 26.0 Å². The standard InChI is InChI=1S/C20H28BN3O5.C2H6/c1-18(2,3)27-15(25)11-24-14-9-8-12(10-13(14)16(23-24)17(22)26)21-28-19(4,5)20(6,7)29-21;1-2/h8-10H,11H2,1-7H3,(H2,22,26);1-2H3. The number of amides is 1. The maximum absolute atomic E-state index is 12.2. The Kier molecular flexibility index (Phi) is 6.92. The summed E-state index contributed by atoms with van der Waals surface area (Å²) in [4.78, 5) is 24.2. The van der Waals surface area contributed by atoms with E-state index in [1.165, 1.54) is 4.68 Å². The molecule has 0 unspecified atom stereocenters. The Morgan fingerprint density at radius 2 is 1.68 bits per heavy atom. The summed E-state index contributed by atoms with van der Waals surface area (Å²) in [7, 11) is -0.584. The van der Waals surface area contributed by atoms with Crippen molar-refractivity contribution in [2.75, 3.05) is 0 Å². The molecular formula is C22H34BN3O5. The molecule has 1 aliphatic rings. The van der Waals surface area contributed by atoms with Gasteiger partial charge < -0.3 is 19.8 Å². The van der Waals surface area contributed by atoms with Crippen LogP contribution in [0.25, 0.3) is 10.9 Å². The van der Waals surface area contributed by atoms with E-state index in [2.05, 4.69) is 5.10 Å². The average Bonchev–Trinajstić information content (AvgIpc) is 3.09. The van der Waals surface area contributed by atoms with Crippen molar-refractivity contribution in [3.63, 3.8) is 0 Å². The van der Waals surface area contributed by atoms with Crippen LogP contribution in [-0.2, 0) is 25.4 Å². The van der Waals surface area contributed by atoms with Crippen molar-refractivity contribution in [2.24, 2.45) is 5.73 Å². The molecule has 0 aliphatic carbocycles. The van der Waals surface area contributed by atoms with Gasteiger partial charge in [-0.3, -0.25) is 14.3 Å². The molecule has 1 fully saturated rings. The Hall–Kier alpha value is -2.39. The lowest BCUT2D eigenvalue weighted by molar-refractivity contribution is -0.155. The van der Waals surface area contributed by atoms with E-state index in [0.29, 0.717) is 10.9 Å². The first-order valence-corrected chi connectivity index (χ1v) is 10.6. The van der Waals surface area contributed by atoms with Crippen LogP contribution in [0.15, 0.2) is 18.2 Å². The molecule has 1 saturated heterocycles. The second-order valence-electron chi connectivity index (χ2n) is 9.32. The number of nitrogens with two attached hydrogens (primary N) is 1. The third-order valence-corrected chi connectivity index (χ3v) is 5.23. The molecule has 0 bridgehead atoms. The van der Waals surface area contributed by atoms with E-state index in [1.807, 2.05) is 47.6 Å². The van der Waals surface area contributed by atoms with Crippen LogP contribution in [0.5, 0.6) is 0 Å². The summed E-state index contributed by atoms with van der Waals surface area (Å²) in [5.41, 5.74) is 5.37. The number of carbonyl (C=O) groups excluding carboxylic acids is 2. The summed E-state index contributed by atoms with van der Waals surface area (Å²) >= 11 is 0. The quantitative estimate of drug-likeness (QED) is 0.590. The molecule has 2 aromatic rings. The molecule has 170 valence electrons. The Balaban J connectivity index is 0.00000166. The summed E-state index contributed by atoms with van der Waals surface area (Å²) in [6.45, 7) is 17.1. The normalized spacial score (nSPS) is 17.3. The number of carbonyl (C=O) groups is 2. The van der Waals surface area contributed by atoms with Crippen LogP contribution >= 0.6 is 0 Å². The molecule has 31 heavy (non-hydrogen) atoms. The third-order valence-electron chi connectivity index (χ3n) is 5.23. The molecule has 8 nitrogen and oxygen atoms in total. The highest BCUT2D eigenvalue weighted by Gasteiger charge is 2.51. The zero-order chi connectivity index (χ0) is 23.8. The zero-order valence-electron chi connectivity index (χ0n) is 20.0. The largest absolute Gasteiger partial charge is 0.494 e. The highest BCUT2D eigenvalue weighted by Crippen LogP contribution is 2.36. The van der Waals surface area contributed by atoms with Crippen molar-refractivity contribution in [2.45, 2.75) is 85.7 Å². The molecule has 3 rings (SSSR count). The third kappa shape index (κ3) is 5.27. The van der Waals surface area contributed by atoms with Crippen molar-refractivity contribution < 1.29 is 23.6 Å². The Labute approximate surface area is 184 Å². The summed E-state index contributed by atoms with van der Waals surface area (Å²) in [5, 5.41) is 4.78. The van der Waals surface area contributed by atoms with Crippen molar-refractivity contribution in [1.82, 2.24) is 9.78 Å². The van der Waals surface area contributed by atoms with Gasteiger partial charge in [-0.05, 0) is 60.0 Å². The summed E-state index contributed by atoms with van der Waals surface area (Å²) < 4.78 is 19.0. The van der Waals surface area contributed by atoms with Crippen molar-refractivity contribution in [1.29, 1.82) is 0 Å².